The van der Waals surface area contributed by atoms with Crippen LogP contribution in [0.2, 0.25) is 0 Å². The molecular formula is H3AlCuO2. The van der Waals surface area contributed by atoms with Crippen molar-refractivity contribution in [3.05, 3.63) is 0 Å². The monoisotopic (exact) mass is 125 g/mol. The summed E-state index contributed by atoms with van der Waals surface area (Å²) in [5.74, 6) is 0. The van der Waals surface area contributed by atoms with Crippen molar-refractivity contribution in [3.8, 4) is 0 Å². The third kappa shape index (κ3) is 2.97. The fraction of sp³-hybridized carbons (Fsp3) is 0. The van der Waals surface area contributed by atoms with Gasteiger partial charge in [-0.1, -0.05) is 0 Å². The van der Waals surface area contributed by atoms with Gasteiger partial charge in [-0.25, -0.2) is 0 Å². The molecule has 4 heteroatoms. The molecule has 0 aromatic heterocycles. The summed E-state index contributed by atoms with van der Waals surface area (Å²) in [6.07, 6.45) is 0. The molecule has 0 atom stereocenters. The van der Waals surface area contributed by atoms with E-state index in [2.05, 4.69) is 7.94 Å². The molecule has 1 rings (SSSR count). The molecule has 1 aliphatic heterocycles. The van der Waals surface area contributed by atoms with Crippen LogP contribution in [0.4, 0.5) is 0 Å². The minimum atomic E-state index is 0. The summed E-state index contributed by atoms with van der Waals surface area (Å²) in [5.41, 5.74) is 0. The second-order valence-corrected chi connectivity index (χ2v) is 0.622. The molecule has 2 nitrogen and oxygen atoms in total. The predicted molar refractivity (Wildman–Crippen MR) is 12.1 cm³/mol. The third-order valence-electron chi connectivity index (χ3n) is 0.0503. The van der Waals surface area contributed by atoms with Crippen LogP contribution < -0.4 is 0 Å². The summed E-state index contributed by atoms with van der Waals surface area (Å²) in [6, 6.07) is 0. The van der Waals surface area contributed by atoms with Gasteiger partial charge in [0.15, 0.2) is 17.4 Å². The molecule has 0 amide bonds. The Balaban J connectivity index is 0.0000000900. The fourth-order valence-corrected chi connectivity index (χ4v) is 0. The Morgan fingerprint density at radius 1 is 1.25 bits per heavy atom. The molecule has 29 valence electrons. The Kier molecular flexibility index (Phi) is 2.76. The molecule has 0 N–H and O–H groups in total. The van der Waals surface area contributed by atoms with Crippen LogP contribution in [0.15, 0.2) is 0 Å². The number of rotatable bonds is 0. The summed E-state index contributed by atoms with van der Waals surface area (Å²) in [4.78, 5) is 0. The molecule has 0 unspecified atom stereocenters. The molecule has 0 saturated carbocycles. The Morgan fingerprint density at radius 3 is 1.50 bits per heavy atom. The van der Waals surface area contributed by atoms with E-state index in [-0.39, 0.29) is 17.4 Å². The van der Waals surface area contributed by atoms with Gasteiger partial charge in [-0.15, -0.1) is 0 Å². The zero-order chi connectivity index (χ0) is 2.12. The van der Waals surface area contributed by atoms with Crippen molar-refractivity contribution in [1.82, 2.24) is 0 Å². The van der Waals surface area contributed by atoms with Gasteiger partial charge in [0.25, 0.3) is 0 Å². The van der Waals surface area contributed by atoms with E-state index in [0.717, 1.165) is 15.6 Å². The van der Waals surface area contributed by atoms with Gasteiger partial charge in [0.1, 0.15) is 0 Å². The zero-order valence-corrected chi connectivity index (χ0v) is 2.06. The Bertz CT molecular complexity index is 10.8. The SMILES string of the molecule is [AlH3].[O]1[O][Cu]1. The van der Waals surface area contributed by atoms with E-state index >= 15 is 0 Å². The molecule has 0 aliphatic carbocycles. The molecule has 0 radical (unpaired) electrons. The Morgan fingerprint density at radius 2 is 1.50 bits per heavy atom. The summed E-state index contributed by atoms with van der Waals surface area (Å²) in [6.45, 7) is 0. The average Bonchev–Trinajstić information content (AvgIpc) is 1.46. The predicted octanol–water partition coefficient (Wildman–Crippen LogP) is -1.32. The van der Waals surface area contributed by atoms with Gasteiger partial charge < -0.3 is 0 Å². The van der Waals surface area contributed by atoms with Gasteiger partial charge in [-0.3, -0.25) is 0 Å². The first-order valence-corrected chi connectivity index (χ1v) is 1.18. The van der Waals surface area contributed by atoms with E-state index in [1.165, 1.54) is 0 Å². The van der Waals surface area contributed by atoms with Crippen molar-refractivity contribution in [3.63, 3.8) is 0 Å². The Hall–Kier alpha value is 0.972. The van der Waals surface area contributed by atoms with Crippen LogP contribution in [0.5, 0.6) is 0 Å². The van der Waals surface area contributed by atoms with E-state index < -0.39 is 0 Å². The van der Waals surface area contributed by atoms with E-state index in [4.69, 9.17) is 0 Å². The molecule has 0 aromatic rings. The first-order valence-electron chi connectivity index (χ1n) is 0.413. The molecule has 1 saturated heterocycles. The normalized spacial score (nSPS) is 20.0. The summed E-state index contributed by atoms with van der Waals surface area (Å²) in [7, 11) is 0. The average molecular weight is 126 g/mol. The second-order valence-electron chi connectivity index (χ2n) is 0.151. The van der Waals surface area contributed by atoms with Gasteiger partial charge in [0.2, 0.25) is 0 Å². The molecule has 0 bridgehead atoms. The summed E-state index contributed by atoms with van der Waals surface area (Å²) >= 11 is 1.06. The molecular weight excluding hydrogens is 123 g/mol. The van der Waals surface area contributed by atoms with Crippen LogP contribution in [0, 0.1) is 0 Å². The number of hydrogen-bond donors (Lipinski definition) is 0. The first-order chi connectivity index (χ1) is 1.50. The van der Waals surface area contributed by atoms with Crippen molar-refractivity contribution in [2.24, 2.45) is 0 Å². The molecule has 1 aliphatic rings. The van der Waals surface area contributed by atoms with Crippen molar-refractivity contribution < 1.29 is 23.6 Å². The topological polar surface area (TPSA) is 25.1 Å². The molecule has 0 aromatic carbocycles. The zero-order valence-electron chi connectivity index (χ0n) is 1.12. The van der Waals surface area contributed by atoms with Crippen LogP contribution in [0.3, 0.4) is 0 Å². The van der Waals surface area contributed by atoms with Gasteiger partial charge in [-0.05, 0) is 0 Å². The standard InChI is InChI=1S/Al.Cu.O2.3H/c;;1-2;;;/q;+2;-2;;;. The van der Waals surface area contributed by atoms with Crippen molar-refractivity contribution in [2.45, 2.75) is 0 Å². The molecule has 1 fully saturated rings. The quantitative estimate of drug-likeness (QED) is 0.228. The summed E-state index contributed by atoms with van der Waals surface area (Å²) < 4.78 is 7.81. The van der Waals surface area contributed by atoms with Crippen LogP contribution >= 0.6 is 0 Å². The maximum atomic E-state index is 3.91. The third-order valence-corrected chi connectivity index (χ3v) is 0.207. The molecule has 0 spiro atoms. The minimum absolute atomic E-state index is 0. The van der Waals surface area contributed by atoms with Crippen molar-refractivity contribution in [2.75, 3.05) is 0 Å². The van der Waals surface area contributed by atoms with Crippen LogP contribution in [-0.4, -0.2) is 17.4 Å². The van der Waals surface area contributed by atoms with Crippen molar-refractivity contribution >= 4 is 17.4 Å². The Labute approximate surface area is 41.3 Å². The van der Waals surface area contributed by atoms with Gasteiger partial charge in [0, 0.05) is 0 Å². The summed E-state index contributed by atoms with van der Waals surface area (Å²) in [5, 5.41) is 0. The maximum absolute atomic E-state index is 3.91. The van der Waals surface area contributed by atoms with Gasteiger partial charge in [-0.2, -0.15) is 0 Å². The molecule has 1 heterocycles. The van der Waals surface area contributed by atoms with E-state index in [0.29, 0.717) is 0 Å². The molecule has 4 heavy (non-hydrogen) atoms. The van der Waals surface area contributed by atoms with E-state index in [1.54, 1.807) is 0 Å². The van der Waals surface area contributed by atoms with Crippen LogP contribution in [0.25, 0.3) is 0 Å². The van der Waals surface area contributed by atoms with E-state index in [1.807, 2.05) is 0 Å². The van der Waals surface area contributed by atoms with Crippen molar-refractivity contribution in [1.29, 1.82) is 0 Å². The first kappa shape index (κ1) is 4.97. The van der Waals surface area contributed by atoms with Crippen LogP contribution in [-0.2, 0) is 23.6 Å². The van der Waals surface area contributed by atoms with E-state index in [9.17, 15) is 0 Å². The van der Waals surface area contributed by atoms with Crippen LogP contribution in [0.1, 0.15) is 0 Å². The fourth-order valence-electron chi connectivity index (χ4n) is 0. The second kappa shape index (κ2) is 2.22. The van der Waals surface area contributed by atoms with Gasteiger partial charge in [0.05, 0.1) is 0 Å². The van der Waals surface area contributed by atoms with Gasteiger partial charge >= 0.3 is 23.6 Å². The number of hydrogen-bond acceptors (Lipinski definition) is 2.